The van der Waals surface area contributed by atoms with Gasteiger partial charge in [0.2, 0.25) is 0 Å². The number of rotatable bonds is 8. The summed E-state index contributed by atoms with van der Waals surface area (Å²) >= 11 is 0. The summed E-state index contributed by atoms with van der Waals surface area (Å²) in [6.45, 7) is 6.19. The Morgan fingerprint density at radius 1 is 1.07 bits per heavy atom. The van der Waals surface area contributed by atoms with E-state index in [9.17, 15) is 0 Å². The smallest absolute Gasteiger partial charge is 0.191 e. The topological polar surface area (TPSA) is 57.5 Å². The molecule has 1 aromatic heterocycles. The van der Waals surface area contributed by atoms with Crippen LogP contribution in [-0.4, -0.2) is 47.1 Å². The van der Waals surface area contributed by atoms with Gasteiger partial charge in [0.25, 0.3) is 0 Å². The zero-order chi connectivity index (χ0) is 18.7. The summed E-state index contributed by atoms with van der Waals surface area (Å²) in [5.41, 5.74) is 2.68. The van der Waals surface area contributed by atoms with Crippen LogP contribution in [0.1, 0.15) is 36.8 Å². The van der Waals surface area contributed by atoms with E-state index >= 15 is 0 Å². The van der Waals surface area contributed by atoms with Crippen LogP contribution in [0.5, 0.6) is 0 Å². The maximum Gasteiger partial charge on any atom is 0.191 e. The summed E-state index contributed by atoms with van der Waals surface area (Å²) in [6, 6.07) is 8.96. The highest BCUT2D eigenvalue weighted by molar-refractivity contribution is 5.79. The number of aryl methyl sites for hydroxylation is 1. The van der Waals surface area contributed by atoms with Gasteiger partial charge in [-0.15, -0.1) is 0 Å². The van der Waals surface area contributed by atoms with E-state index in [0.29, 0.717) is 0 Å². The molecule has 1 aliphatic rings. The fraction of sp³-hybridized carbons (Fsp3) is 0.524. The number of hydrogen-bond acceptors (Lipinski definition) is 3. The van der Waals surface area contributed by atoms with Gasteiger partial charge in [0, 0.05) is 45.6 Å². The fourth-order valence-corrected chi connectivity index (χ4v) is 3.43. The molecule has 6 nitrogen and oxygen atoms in total. The first-order chi connectivity index (χ1) is 13.3. The van der Waals surface area contributed by atoms with Crippen LogP contribution in [0.25, 0.3) is 0 Å². The Balaban J connectivity index is 1.36. The second-order valence-corrected chi connectivity index (χ2v) is 7.16. The number of likely N-dealkylation sites (tertiary alicyclic amines) is 1. The van der Waals surface area contributed by atoms with Gasteiger partial charge in [-0.1, -0.05) is 30.7 Å². The first kappa shape index (κ1) is 19.4. The lowest BCUT2D eigenvalue weighted by molar-refractivity contribution is 0.221. The molecule has 0 aliphatic carbocycles. The number of nitrogens with zero attached hydrogens (tertiary/aromatic N) is 4. The van der Waals surface area contributed by atoms with Crippen molar-refractivity contribution in [3.8, 4) is 0 Å². The minimum atomic E-state index is 0.783. The van der Waals surface area contributed by atoms with E-state index < -0.39 is 0 Å². The second-order valence-electron chi connectivity index (χ2n) is 7.16. The van der Waals surface area contributed by atoms with E-state index in [1.807, 2.05) is 25.8 Å². The second kappa shape index (κ2) is 10.7. The van der Waals surface area contributed by atoms with Crippen LogP contribution in [0, 0.1) is 0 Å². The summed E-state index contributed by atoms with van der Waals surface area (Å²) < 4.78 is 2.09. The van der Waals surface area contributed by atoms with Crippen molar-refractivity contribution in [3.05, 3.63) is 54.1 Å². The van der Waals surface area contributed by atoms with Gasteiger partial charge < -0.3 is 15.2 Å². The largest absolute Gasteiger partial charge is 0.356 e. The third kappa shape index (κ3) is 6.71. The van der Waals surface area contributed by atoms with E-state index in [1.165, 1.54) is 43.5 Å². The molecular formula is C21H32N6. The lowest BCUT2D eigenvalue weighted by atomic mass is 10.1. The molecule has 146 valence electrons. The third-order valence-electron chi connectivity index (χ3n) is 5.01. The Morgan fingerprint density at radius 3 is 2.56 bits per heavy atom. The normalized spacial score (nSPS) is 15.7. The predicted octanol–water partition coefficient (Wildman–Crippen LogP) is 2.62. The summed E-state index contributed by atoms with van der Waals surface area (Å²) in [4.78, 5) is 10.9. The Kier molecular flexibility index (Phi) is 7.71. The molecule has 0 radical (unpaired) electrons. The number of hydrogen-bond donors (Lipinski definition) is 2. The van der Waals surface area contributed by atoms with Crippen molar-refractivity contribution in [2.45, 2.75) is 45.3 Å². The molecule has 27 heavy (non-hydrogen) atoms. The highest BCUT2D eigenvalue weighted by atomic mass is 15.2. The van der Waals surface area contributed by atoms with E-state index in [1.54, 1.807) is 0 Å². The van der Waals surface area contributed by atoms with Crippen molar-refractivity contribution in [1.82, 2.24) is 25.1 Å². The molecule has 0 unspecified atom stereocenters. The minimum Gasteiger partial charge on any atom is -0.356 e. The molecule has 2 N–H and O–H groups in total. The SMILES string of the molecule is CN=C(NCCCn1ccnc1)NCc1ccc(CN2CCCCC2)cc1. The summed E-state index contributed by atoms with van der Waals surface area (Å²) in [7, 11) is 1.81. The molecule has 1 aromatic carbocycles. The molecule has 0 spiro atoms. The van der Waals surface area contributed by atoms with Gasteiger partial charge in [0.1, 0.15) is 0 Å². The van der Waals surface area contributed by atoms with Crippen molar-refractivity contribution >= 4 is 5.96 Å². The molecule has 2 heterocycles. The quantitative estimate of drug-likeness (QED) is 0.427. The number of imidazole rings is 1. The number of piperidine rings is 1. The molecule has 1 saturated heterocycles. The molecule has 1 fully saturated rings. The number of aliphatic imine (C=N–C) groups is 1. The van der Waals surface area contributed by atoms with Crippen molar-refractivity contribution in [2.24, 2.45) is 4.99 Å². The van der Waals surface area contributed by atoms with Gasteiger partial charge in [-0.3, -0.25) is 9.89 Å². The Morgan fingerprint density at radius 2 is 1.85 bits per heavy atom. The lowest BCUT2D eigenvalue weighted by Crippen LogP contribution is -2.37. The van der Waals surface area contributed by atoms with Crippen LogP contribution in [0.2, 0.25) is 0 Å². The first-order valence-corrected chi connectivity index (χ1v) is 10.0. The molecule has 3 rings (SSSR count). The highest BCUT2D eigenvalue weighted by Gasteiger charge is 2.10. The van der Waals surface area contributed by atoms with E-state index in [4.69, 9.17) is 0 Å². The summed E-state index contributed by atoms with van der Waals surface area (Å²) in [6.07, 6.45) is 10.8. The van der Waals surface area contributed by atoms with Crippen LogP contribution in [0.15, 0.2) is 48.0 Å². The van der Waals surface area contributed by atoms with Crippen LogP contribution < -0.4 is 10.6 Å². The number of guanidine groups is 1. The Labute approximate surface area is 162 Å². The van der Waals surface area contributed by atoms with Crippen molar-refractivity contribution in [2.75, 3.05) is 26.7 Å². The molecule has 0 amide bonds. The van der Waals surface area contributed by atoms with Crippen molar-refractivity contribution in [1.29, 1.82) is 0 Å². The maximum atomic E-state index is 4.30. The predicted molar refractivity (Wildman–Crippen MR) is 111 cm³/mol. The van der Waals surface area contributed by atoms with Gasteiger partial charge in [-0.25, -0.2) is 4.98 Å². The average molecular weight is 369 g/mol. The monoisotopic (exact) mass is 368 g/mol. The van der Waals surface area contributed by atoms with Gasteiger partial charge in [0.05, 0.1) is 6.33 Å². The summed E-state index contributed by atoms with van der Waals surface area (Å²) in [5, 5.41) is 6.76. The molecule has 1 aliphatic heterocycles. The molecule has 0 saturated carbocycles. The first-order valence-electron chi connectivity index (χ1n) is 10.0. The van der Waals surface area contributed by atoms with Crippen LogP contribution in [0.4, 0.5) is 0 Å². The van der Waals surface area contributed by atoms with Gasteiger partial charge >= 0.3 is 0 Å². The van der Waals surface area contributed by atoms with Crippen LogP contribution in [-0.2, 0) is 19.6 Å². The number of benzene rings is 1. The van der Waals surface area contributed by atoms with Crippen molar-refractivity contribution in [3.63, 3.8) is 0 Å². The maximum absolute atomic E-state index is 4.30. The van der Waals surface area contributed by atoms with Gasteiger partial charge in [-0.2, -0.15) is 0 Å². The van der Waals surface area contributed by atoms with E-state index in [0.717, 1.165) is 38.6 Å². The molecular weight excluding hydrogens is 336 g/mol. The van der Waals surface area contributed by atoms with E-state index in [-0.39, 0.29) is 0 Å². The molecule has 2 aromatic rings. The zero-order valence-electron chi connectivity index (χ0n) is 16.4. The number of nitrogens with one attached hydrogen (secondary N) is 2. The molecule has 0 bridgehead atoms. The average Bonchev–Trinajstić information content (AvgIpc) is 3.23. The van der Waals surface area contributed by atoms with E-state index in [2.05, 4.69) is 54.3 Å². The van der Waals surface area contributed by atoms with Crippen LogP contribution in [0.3, 0.4) is 0 Å². The lowest BCUT2D eigenvalue weighted by Gasteiger charge is -2.26. The Bertz CT molecular complexity index is 671. The zero-order valence-corrected chi connectivity index (χ0v) is 16.4. The Hall–Kier alpha value is -2.34. The van der Waals surface area contributed by atoms with Crippen molar-refractivity contribution < 1.29 is 0 Å². The standard InChI is InChI=1S/C21H32N6/c1-22-21(24-10-5-14-27-15-11-23-18-27)25-16-19-6-8-20(9-7-19)17-26-12-3-2-4-13-26/h6-9,11,15,18H,2-5,10,12-14,16-17H2,1H3,(H2,22,24,25). The third-order valence-corrected chi connectivity index (χ3v) is 5.01. The molecule has 6 heteroatoms. The van der Waals surface area contributed by atoms with Gasteiger partial charge in [-0.05, 0) is 43.5 Å². The van der Waals surface area contributed by atoms with Gasteiger partial charge in [0.15, 0.2) is 5.96 Å². The minimum absolute atomic E-state index is 0.783. The molecule has 0 atom stereocenters. The number of aromatic nitrogens is 2. The van der Waals surface area contributed by atoms with Crippen LogP contribution >= 0.6 is 0 Å². The summed E-state index contributed by atoms with van der Waals surface area (Å²) in [5.74, 6) is 0.845. The fourth-order valence-electron chi connectivity index (χ4n) is 3.43. The highest BCUT2D eigenvalue weighted by Crippen LogP contribution is 2.13.